The van der Waals surface area contributed by atoms with Crippen molar-refractivity contribution >= 4 is 5.78 Å². The lowest BCUT2D eigenvalue weighted by Gasteiger charge is -2.44. The average Bonchev–Trinajstić information content (AvgIpc) is 2.17. The highest BCUT2D eigenvalue weighted by Crippen LogP contribution is 2.41. The van der Waals surface area contributed by atoms with E-state index < -0.39 is 0 Å². The lowest BCUT2D eigenvalue weighted by atomic mass is 9.66. The van der Waals surface area contributed by atoms with Crippen LogP contribution in [-0.4, -0.2) is 30.8 Å². The van der Waals surface area contributed by atoms with Crippen molar-refractivity contribution in [3.05, 3.63) is 0 Å². The number of ketones is 1. The second-order valence-electron chi connectivity index (χ2n) is 5.76. The Labute approximate surface area is 94.0 Å². The summed E-state index contributed by atoms with van der Waals surface area (Å²) in [6, 6.07) is 0.446. The molecule has 1 fully saturated rings. The van der Waals surface area contributed by atoms with E-state index >= 15 is 0 Å². The maximum atomic E-state index is 11.5. The summed E-state index contributed by atoms with van der Waals surface area (Å²) >= 11 is 0. The summed E-state index contributed by atoms with van der Waals surface area (Å²) in [4.78, 5) is 13.7. The predicted octanol–water partition coefficient (Wildman–Crippen LogP) is 2.72. The van der Waals surface area contributed by atoms with Gasteiger partial charge in [0, 0.05) is 18.9 Å². The fraction of sp³-hybridized carbons (Fsp3) is 0.923. The summed E-state index contributed by atoms with van der Waals surface area (Å²) < 4.78 is 0. The molecule has 2 atom stereocenters. The van der Waals surface area contributed by atoms with Gasteiger partial charge in [-0.25, -0.2) is 0 Å². The molecule has 1 aliphatic carbocycles. The first kappa shape index (κ1) is 12.7. The van der Waals surface area contributed by atoms with E-state index in [1.165, 1.54) is 6.42 Å². The number of rotatable bonds is 3. The molecule has 0 amide bonds. The van der Waals surface area contributed by atoms with E-state index in [9.17, 15) is 4.79 Å². The van der Waals surface area contributed by atoms with Gasteiger partial charge in [0.15, 0.2) is 0 Å². The van der Waals surface area contributed by atoms with Crippen LogP contribution in [0.2, 0.25) is 0 Å². The fourth-order valence-electron chi connectivity index (χ4n) is 2.70. The van der Waals surface area contributed by atoms with Gasteiger partial charge >= 0.3 is 0 Å². The molecular formula is C13H25NO. The lowest BCUT2D eigenvalue weighted by molar-refractivity contribution is -0.124. The minimum Gasteiger partial charge on any atom is -0.306 e. The number of nitrogens with zero attached hydrogens (tertiary/aromatic N) is 1. The maximum Gasteiger partial charge on any atom is 0.134 e. The van der Waals surface area contributed by atoms with Crippen molar-refractivity contribution in [3.8, 4) is 0 Å². The van der Waals surface area contributed by atoms with Crippen LogP contribution in [0.4, 0.5) is 0 Å². The molecule has 15 heavy (non-hydrogen) atoms. The Morgan fingerprint density at radius 3 is 2.47 bits per heavy atom. The molecule has 2 nitrogen and oxygen atoms in total. The summed E-state index contributed by atoms with van der Waals surface area (Å²) in [7, 11) is 4.20. The zero-order valence-corrected chi connectivity index (χ0v) is 10.8. The van der Waals surface area contributed by atoms with Crippen LogP contribution in [-0.2, 0) is 4.79 Å². The van der Waals surface area contributed by atoms with Gasteiger partial charge < -0.3 is 4.90 Å². The molecule has 1 saturated carbocycles. The van der Waals surface area contributed by atoms with E-state index in [4.69, 9.17) is 0 Å². The third kappa shape index (κ3) is 2.81. The van der Waals surface area contributed by atoms with Gasteiger partial charge in [-0.2, -0.15) is 0 Å². The molecule has 0 radical (unpaired) electrons. The molecule has 0 saturated heterocycles. The minimum atomic E-state index is 0.357. The van der Waals surface area contributed by atoms with Gasteiger partial charge in [0.2, 0.25) is 0 Å². The van der Waals surface area contributed by atoms with Crippen LogP contribution in [0.5, 0.6) is 0 Å². The number of hydrogen-bond acceptors (Lipinski definition) is 2. The molecular weight excluding hydrogens is 186 g/mol. The van der Waals surface area contributed by atoms with Gasteiger partial charge in [-0.15, -0.1) is 0 Å². The number of carbonyl (C=O) groups is 1. The maximum absolute atomic E-state index is 11.5. The first-order chi connectivity index (χ1) is 6.88. The van der Waals surface area contributed by atoms with Crippen LogP contribution in [0.1, 0.15) is 46.5 Å². The molecule has 0 aromatic carbocycles. The molecule has 0 aromatic rings. The van der Waals surface area contributed by atoms with Crippen molar-refractivity contribution in [2.75, 3.05) is 14.1 Å². The Hall–Kier alpha value is -0.370. The lowest BCUT2D eigenvalue weighted by Crippen LogP contribution is -2.46. The van der Waals surface area contributed by atoms with Gasteiger partial charge in [-0.05, 0) is 31.8 Å². The van der Waals surface area contributed by atoms with Crippen LogP contribution in [0, 0.1) is 11.3 Å². The Kier molecular flexibility index (Phi) is 3.93. The number of carbonyl (C=O) groups excluding carboxylic acids is 1. The second-order valence-corrected chi connectivity index (χ2v) is 5.76. The summed E-state index contributed by atoms with van der Waals surface area (Å²) in [5, 5.41) is 0. The second kappa shape index (κ2) is 4.65. The van der Waals surface area contributed by atoms with Crippen LogP contribution in [0.3, 0.4) is 0 Å². The van der Waals surface area contributed by atoms with Gasteiger partial charge in [-0.3, -0.25) is 4.79 Å². The largest absolute Gasteiger partial charge is 0.306 e. The van der Waals surface area contributed by atoms with E-state index in [0.29, 0.717) is 23.2 Å². The van der Waals surface area contributed by atoms with Crippen LogP contribution in [0.25, 0.3) is 0 Å². The molecule has 0 heterocycles. The highest BCUT2D eigenvalue weighted by atomic mass is 16.1. The molecule has 0 bridgehead atoms. The van der Waals surface area contributed by atoms with Crippen molar-refractivity contribution in [1.82, 2.24) is 4.90 Å². The quantitative estimate of drug-likeness (QED) is 0.715. The van der Waals surface area contributed by atoms with Crippen molar-refractivity contribution in [1.29, 1.82) is 0 Å². The highest BCUT2D eigenvalue weighted by Gasteiger charge is 2.39. The normalized spacial score (nSPS) is 28.5. The van der Waals surface area contributed by atoms with Gasteiger partial charge in [-0.1, -0.05) is 27.2 Å². The van der Waals surface area contributed by atoms with Crippen LogP contribution < -0.4 is 0 Å². The first-order valence-electron chi connectivity index (χ1n) is 6.06. The molecule has 2 unspecified atom stereocenters. The first-order valence-corrected chi connectivity index (χ1v) is 6.06. The predicted molar refractivity (Wildman–Crippen MR) is 63.9 cm³/mol. The Bertz CT molecular complexity index is 233. The van der Waals surface area contributed by atoms with Gasteiger partial charge in [0.05, 0.1) is 0 Å². The SMILES string of the molecule is CCC(C)(C)C1CCC(=O)CC1N(C)C. The van der Waals surface area contributed by atoms with Crippen molar-refractivity contribution in [2.45, 2.75) is 52.5 Å². The summed E-state index contributed by atoms with van der Waals surface area (Å²) in [5.74, 6) is 1.10. The van der Waals surface area contributed by atoms with Crippen LogP contribution in [0.15, 0.2) is 0 Å². The third-order valence-corrected chi connectivity index (χ3v) is 4.21. The minimum absolute atomic E-state index is 0.357. The number of hydrogen-bond donors (Lipinski definition) is 0. The topological polar surface area (TPSA) is 20.3 Å². The third-order valence-electron chi connectivity index (χ3n) is 4.21. The zero-order chi connectivity index (χ0) is 11.6. The molecule has 1 rings (SSSR count). The van der Waals surface area contributed by atoms with E-state index in [1.54, 1.807) is 0 Å². The molecule has 1 aliphatic rings. The average molecular weight is 211 g/mol. The molecule has 0 spiro atoms. The van der Waals surface area contributed by atoms with Crippen molar-refractivity contribution < 1.29 is 4.79 Å². The number of Topliss-reactive ketones (excluding diaryl/α,β-unsaturated/α-hetero) is 1. The molecule has 0 aliphatic heterocycles. The Morgan fingerprint density at radius 1 is 1.40 bits per heavy atom. The Morgan fingerprint density at radius 2 is 2.00 bits per heavy atom. The smallest absolute Gasteiger partial charge is 0.134 e. The van der Waals surface area contributed by atoms with E-state index in [-0.39, 0.29) is 0 Å². The van der Waals surface area contributed by atoms with Gasteiger partial charge in [0.25, 0.3) is 0 Å². The van der Waals surface area contributed by atoms with E-state index in [2.05, 4.69) is 39.8 Å². The zero-order valence-electron chi connectivity index (χ0n) is 10.8. The van der Waals surface area contributed by atoms with Gasteiger partial charge in [0.1, 0.15) is 5.78 Å². The summed E-state index contributed by atoms with van der Waals surface area (Å²) in [5.41, 5.74) is 0.357. The molecule has 0 aromatic heterocycles. The fourth-order valence-corrected chi connectivity index (χ4v) is 2.70. The standard InChI is InChI=1S/C13H25NO/c1-6-13(2,3)11-8-7-10(15)9-12(11)14(4)5/h11-12H,6-9H2,1-5H3. The monoisotopic (exact) mass is 211 g/mol. The van der Waals surface area contributed by atoms with E-state index in [1.807, 2.05) is 0 Å². The summed E-state index contributed by atoms with van der Waals surface area (Å²) in [6.07, 6.45) is 3.80. The molecule has 88 valence electrons. The summed E-state index contributed by atoms with van der Waals surface area (Å²) in [6.45, 7) is 6.93. The van der Waals surface area contributed by atoms with Crippen molar-refractivity contribution in [3.63, 3.8) is 0 Å². The van der Waals surface area contributed by atoms with Crippen molar-refractivity contribution in [2.24, 2.45) is 11.3 Å². The highest BCUT2D eigenvalue weighted by molar-refractivity contribution is 5.79. The van der Waals surface area contributed by atoms with E-state index in [0.717, 1.165) is 19.3 Å². The molecule has 2 heteroatoms. The Balaban J connectivity index is 2.81. The molecule has 0 N–H and O–H groups in total. The van der Waals surface area contributed by atoms with Crippen LogP contribution >= 0.6 is 0 Å².